The van der Waals surface area contributed by atoms with Gasteiger partial charge in [0.05, 0.1) is 6.21 Å². The van der Waals surface area contributed by atoms with Gasteiger partial charge in [0.1, 0.15) is 18.2 Å². The number of benzene rings is 4. The molecule has 31 heavy (non-hydrogen) atoms. The van der Waals surface area contributed by atoms with Crippen molar-refractivity contribution in [1.29, 1.82) is 0 Å². The number of halogens is 2. The number of carbonyl (C=O) groups excluding carboxylic acids is 1. The highest BCUT2D eigenvalue weighted by molar-refractivity contribution is 6.31. The van der Waals surface area contributed by atoms with E-state index in [0.717, 1.165) is 22.4 Å². The molecule has 1 N–H and O–H groups in total. The van der Waals surface area contributed by atoms with Crippen molar-refractivity contribution in [2.24, 2.45) is 5.10 Å². The largest absolute Gasteiger partial charge is 0.488 e. The summed E-state index contributed by atoms with van der Waals surface area (Å²) >= 11 is 6.23. The minimum Gasteiger partial charge on any atom is -0.488 e. The number of hydrazone groups is 1. The highest BCUT2D eigenvalue weighted by atomic mass is 35.5. The number of rotatable bonds is 6. The number of nitrogens with zero attached hydrogens (tertiary/aromatic N) is 1. The molecule has 4 nitrogen and oxygen atoms in total. The summed E-state index contributed by atoms with van der Waals surface area (Å²) < 4.78 is 19.4. The van der Waals surface area contributed by atoms with E-state index in [9.17, 15) is 9.18 Å². The Labute approximate surface area is 183 Å². The predicted octanol–water partition coefficient (Wildman–Crippen LogP) is 5.98. The van der Waals surface area contributed by atoms with Gasteiger partial charge in [-0.1, -0.05) is 66.2 Å². The van der Waals surface area contributed by atoms with E-state index in [4.69, 9.17) is 16.3 Å². The summed E-state index contributed by atoms with van der Waals surface area (Å²) in [6.07, 6.45) is 1.53. The average Bonchev–Trinajstić information content (AvgIpc) is 2.79. The molecule has 0 bridgehead atoms. The third kappa shape index (κ3) is 4.90. The predicted molar refractivity (Wildman–Crippen MR) is 121 cm³/mol. The van der Waals surface area contributed by atoms with Gasteiger partial charge in [-0.2, -0.15) is 5.10 Å². The number of fused-ring (bicyclic) bond motifs is 1. The lowest BCUT2D eigenvalue weighted by atomic mass is 10.0. The van der Waals surface area contributed by atoms with Crippen LogP contribution in [0.4, 0.5) is 4.39 Å². The molecule has 0 saturated carbocycles. The zero-order chi connectivity index (χ0) is 21.6. The molecule has 6 heteroatoms. The van der Waals surface area contributed by atoms with Gasteiger partial charge in [0, 0.05) is 21.7 Å². The number of ether oxygens (including phenoxy) is 1. The van der Waals surface area contributed by atoms with Crippen LogP contribution in [0.5, 0.6) is 5.75 Å². The SMILES string of the molecule is O=C(NN=Cc1c(OCc2ccccc2Cl)ccc2ccccc12)c1cccc(F)c1. The quantitative estimate of drug-likeness (QED) is 0.301. The van der Waals surface area contributed by atoms with Crippen molar-refractivity contribution in [3.8, 4) is 5.75 Å². The van der Waals surface area contributed by atoms with Crippen LogP contribution in [-0.4, -0.2) is 12.1 Å². The first kappa shape index (κ1) is 20.6. The molecule has 0 fully saturated rings. The lowest BCUT2D eigenvalue weighted by Crippen LogP contribution is -2.17. The van der Waals surface area contributed by atoms with Gasteiger partial charge in [-0.15, -0.1) is 0 Å². The second-order valence-corrected chi connectivity index (χ2v) is 7.20. The molecule has 1 amide bonds. The van der Waals surface area contributed by atoms with Crippen LogP contribution in [0, 0.1) is 5.82 Å². The minimum atomic E-state index is -0.505. The van der Waals surface area contributed by atoms with Gasteiger partial charge in [0.15, 0.2) is 0 Å². The first-order valence-electron chi connectivity index (χ1n) is 9.59. The van der Waals surface area contributed by atoms with Crippen molar-refractivity contribution >= 4 is 34.5 Å². The first-order chi connectivity index (χ1) is 15.1. The van der Waals surface area contributed by atoms with E-state index in [1.54, 1.807) is 0 Å². The second kappa shape index (κ2) is 9.41. The Morgan fingerprint density at radius 3 is 2.65 bits per heavy atom. The average molecular weight is 433 g/mol. The molecule has 4 aromatic carbocycles. The molecule has 0 aliphatic carbocycles. The Bertz CT molecular complexity index is 1270. The molecule has 4 aromatic rings. The fourth-order valence-electron chi connectivity index (χ4n) is 3.16. The van der Waals surface area contributed by atoms with Gasteiger partial charge in [-0.3, -0.25) is 4.79 Å². The molecular weight excluding hydrogens is 415 g/mol. The third-order valence-electron chi connectivity index (χ3n) is 4.72. The Morgan fingerprint density at radius 2 is 1.81 bits per heavy atom. The highest BCUT2D eigenvalue weighted by Gasteiger charge is 2.10. The van der Waals surface area contributed by atoms with Gasteiger partial charge < -0.3 is 4.74 Å². The third-order valence-corrected chi connectivity index (χ3v) is 5.09. The zero-order valence-electron chi connectivity index (χ0n) is 16.4. The van der Waals surface area contributed by atoms with Gasteiger partial charge in [0.25, 0.3) is 5.91 Å². The van der Waals surface area contributed by atoms with Crippen LogP contribution in [0.2, 0.25) is 5.02 Å². The number of nitrogens with one attached hydrogen (secondary N) is 1. The van der Waals surface area contributed by atoms with Crippen molar-refractivity contribution in [3.63, 3.8) is 0 Å². The molecule has 0 saturated heterocycles. The normalized spacial score (nSPS) is 11.0. The lowest BCUT2D eigenvalue weighted by Gasteiger charge is -2.12. The molecule has 0 heterocycles. The van der Waals surface area contributed by atoms with Crippen LogP contribution in [-0.2, 0) is 6.61 Å². The molecule has 4 rings (SSSR count). The number of amides is 1. The molecule has 0 aromatic heterocycles. The maximum Gasteiger partial charge on any atom is 0.271 e. The van der Waals surface area contributed by atoms with E-state index in [2.05, 4.69) is 10.5 Å². The summed E-state index contributed by atoms with van der Waals surface area (Å²) in [6, 6.07) is 24.5. The maximum atomic E-state index is 13.4. The fourth-order valence-corrected chi connectivity index (χ4v) is 3.35. The van der Waals surface area contributed by atoms with E-state index in [1.165, 1.54) is 24.4 Å². The standard InChI is InChI=1S/C25H18ClFN2O2/c26-23-11-4-2-7-19(23)16-31-24-13-12-17-6-1-3-10-21(17)22(24)15-28-29-25(30)18-8-5-9-20(27)14-18/h1-15H,16H2,(H,29,30). The summed E-state index contributed by atoms with van der Waals surface area (Å²) in [7, 11) is 0. The van der Waals surface area contributed by atoms with Crippen LogP contribution in [0.15, 0.2) is 90.0 Å². The van der Waals surface area contributed by atoms with Crippen molar-refractivity contribution < 1.29 is 13.9 Å². The van der Waals surface area contributed by atoms with Crippen LogP contribution in [0.25, 0.3) is 10.8 Å². The summed E-state index contributed by atoms with van der Waals surface area (Å²) in [5.41, 5.74) is 4.20. The Hall–Kier alpha value is -3.70. The van der Waals surface area contributed by atoms with Gasteiger partial charge in [-0.25, -0.2) is 9.82 Å². The van der Waals surface area contributed by atoms with Crippen molar-refractivity contribution in [2.75, 3.05) is 0 Å². The van der Waals surface area contributed by atoms with E-state index < -0.39 is 11.7 Å². The van der Waals surface area contributed by atoms with Crippen LogP contribution in [0.1, 0.15) is 21.5 Å². The van der Waals surface area contributed by atoms with Gasteiger partial charge in [-0.05, 0) is 41.1 Å². The maximum absolute atomic E-state index is 13.4. The molecule has 154 valence electrons. The van der Waals surface area contributed by atoms with Crippen LogP contribution in [0.3, 0.4) is 0 Å². The van der Waals surface area contributed by atoms with E-state index >= 15 is 0 Å². The second-order valence-electron chi connectivity index (χ2n) is 6.79. The number of hydrogen-bond donors (Lipinski definition) is 1. The summed E-state index contributed by atoms with van der Waals surface area (Å²) in [5, 5.41) is 6.63. The van der Waals surface area contributed by atoms with E-state index in [0.29, 0.717) is 16.3 Å². The summed E-state index contributed by atoms with van der Waals surface area (Å²) in [5.74, 6) is -0.391. The zero-order valence-corrected chi connectivity index (χ0v) is 17.1. The topological polar surface area (TPSA) is 50.7 Å². The summed E-state index contributed by atoms with van der Waals surface area (Å²) in [4.78, 5) is 12.2. The molecule has 0 aliphatic heterocycles. The molecule has 0 radical (unpaired) electrons. The Kier molecular flexibility index (Phi) is 6.24. The van der Waals surface area contributed by atoms with Crippen LogP contribution < -0.4 is 10.2 Å². The minimum absolute atomic E-state index is 0.185. The number of carbonyl (C=O) groups is 1. The lowest BCUT2D eigenvalue weighted by molar-refractivity contribution is 0.0954. The highest BCUT2D eigenvalue weighted by Crippen LogP contribution is 2.28. The van der Waals surface area contributed by atoms with Crippen molar-refractivity contribution in [3.05, 3.63) is 112 Å². The van der Waals surface area contributed by atoms with Crippen molar-refractivity contribution in [2.45, 2.75) is 6.61 Å². The summed E-state index contributed by atoms with van der Waals surface area (Å²) in [6.45, 7) is 0.286. The van der Waals surface area contributed by atoms with Gasteiger partial charge in [0.2, 0.25) is 0 Å². The van der Waals surface area contributed by atoms with E-state index in [-0.39, 0.29) is 12.2 Å². The smallest absolute Gasteiger partial charge is 0.271 e. The van der Waals surface area contributed by atoms with Crippen molar-refractivity contribution in [1.82, 2.24) is 5.43 Å². The van der Waals surface area contributed by atoms with Crippen LogP contribution >= 0.6 is 11.6 Å². The Balaban J connectivity index is 1.60. The Morgan fingerprint density at radius 1 is 1.00 bits per heavy atom. The number of hydrogen-bond acceptors (Lipinski definition) is 3. The molecule has 0 spiro atoms. The molecule has 0 unspecified atom stereocenters. The molecule has 0 aliphatic rings. The first-order valence-corrected chi connectivity index (χ1v) is 9.96. The molecular formula is C25H18ClFN2O2. The van der Waals surface area contributed by atoms with E-state index in [1.807, 2.05) is 60.7 Å². The monoisotopic (exact) mass is 432 g/mol. The fraction of sp³-hybridized carbons (Fsp3) is 0.0400. The van der Waals surface area contributed by atoms with Gasteiger partial charge >= 0.3 is 0 Å². The molecule has 0 atom stereocenters.